The van der Waals surface area contributed by atoms with Crippen molar-refractivity contribution in [2.75, 3.05) is 7.11 Å². The van der Waals surface area contributed by atoms with Crippen LogP contribution >= 0.6 is 0 Å². The molecule has 1 unspecified atom stereocenters. The van der Waals surface area contributed by atoms with Crippen LogP contribution in [0.25, 0.3) is 22.2 Å². The van der Waals surface area contributed by atoms with Gasteiger partial charge in [0.1, 0.15) is 5.52 Å². The summed E-state index contributed by atoms with van der Waals surface area (Å²) in [6.45, 7) is 1.75. The Bertz CT molecular complexity index is 902. The molecule has 3 aromatic rings. The molecule has 0 spiro atoms. The Balaban J connectivity index is 1.85. The summed E-state index contributed by atoms with van der Waals surface area (Å²) in [4.78, 5) is 23.7. The number of hydrogen-bond donors (Lipinski definition) is 1. The van der Waals surface area contributed by atoms with Crippen LogP contribution in [0.2, 0.25) is 0 Å². The molecule has 1 heterocycles. The molecule has 1 atom stereocenters. The molecule has 0 fully saturated rings. The number of rotatable bonds is 5. The van der Waals surface area contributed by atoms with Crippen molar-refractivity contribution in [2.24, 2.45) is 0 Å². The number of nitrogens with zero attached hydrogens (tertiary/aromatic N) is 1. The quantitative estimate of drug-likeness (QED) is 0.723. The number of carbonyl (C=O) groups is 2. The van der Waals surface area contributed by atoms with Gasteiger partial charge in [-0.2, -0.15) is 0 Å². The van der Waals surface area contributed by atoms with Crippen LogP contribution in [-0.4, -0.2) is 30.2 Å². The molecule has 0 bridgehead atoms. The molecule has 6 nitrogen and oxygen atoms in total. The van der Waals surface area contributed by atoms with Gasteiger partial charge in [0, 0.05) is 17.2 Å². The third kappa shape index (κ3) is 3.68. The lowest BCUT2D eigenvalue weighted by molar-refractivity contribution is -0.141. The third-order valence-electron chi connectivity index (χ3n) is 3.85. The van der Waals surface area contributed by atoms with Crippen LogP contribution < -0.4 is 5.32 Å². The van der Waals surface area contributed by atoms with Crippen molar-refractivity contribution < 1.29 is 18.8 Å². The Labute approximate surface area is 144 Å². The molecule has 1 N–H and O–H groups in total. The Morgan fingerprint density at radius 2 is 1.96 bits per heavy atom. The Hall–Kier alpha value is -3.15. The van der Waals surface area contributed by atoms with Gasteiger partial charge in [0.05, 0.1) is 18.9 Å². The number of fused-ring (bicyclic) bond motifs is 1. The Kier molecular flexibility index (Phi) is 4.79. The lowest BCUT2D eigenvalue weighted by atomic mass is 10.1. The van der Waals surface area contributed by atoms with Gasteiger partial charge < -0.3 is 14.6 Å². The standard InChI is InChI=1S/C19H18N2O4/c1-12(10-17(22)24-2)20-19(23)14-8-9-16-15(11-14)18(25-21-16)13-6-4-3-5-7-13/h3-9,11-12H,10H2,1-2H3,(H,20,23). The summed E-state index contributed by atoms with van der Waals surface area (Å²) in [6.07, 6.45) is 0.118. The fraction of sp³-hybridized carbons (Fsp3) is 0.211. The van der Waals surface area contributed by atoms with Crippen molar-refractivity contribution in [1.82, 2.24) is 10.5 Å². The highest BCUT2D eigenvalue weighted by atomic mass is 16.5. The molecule has 0 aliphatic heterocycles. The number of amides is 1. The number of nitrogens with one attached hydrogen (secondary N) is 1. The minimum atomic E-state index is -0.367. The van der Waals surface area contributed by atoms with Crippen molar-refractivity contribution in [2.45, 2.75) is 19.4 Å². The molecule has 6 heteroatoms. The average Bonchev–Trinajstić information content (AvgIpc) is 3.05. The van der Waals surface area contributed by atoms with Crippen molar-refractivity contribution in [3.63, 3.8) is 0 Å². The average molecular weight is 338 g/mol. The van der Waals surface area contributed by atoms with Gasteiger partial charge in [-0.3, -0.25) is 9.59 Å². The molecule has 0 radical (unpaired) electrons. The van der Waals surface area contributed by atoms with Gasteiger partial charge in [-0.15, -0.1) is 0 Å². The molecule has 25 heavy (non-hydrogen) atoms. The third-order valence-corrected chi connectivity index (χ3v) is 3.85. The van der Waals surface area contributed by atoms with Crippen molar-refractivity contribution in [1.29, 1.82) is 0 Å². The van der Waals surface area contributed by atoms with E-state index in [2.05, 4.69) is 15.2 Å². The van der Waals surface area contributed by atoms with E-state index in [9.17, 15) is 9.59 Å². The summed E-state index contributed by atoms with van der Waals surface area (Å²) in [7, 11) is 1.32. The summed E-state index contributed by atoms with van der Waals surface area (Å²) in [5.74, 6) is -0.0139. The first-order valence-corrected chi connectivity index (χ1v) is 7.91. The van der Waals surface area contributed by atoms with Gasteiger partial charge >= 0.3 is 5.97 Å². The lowest BCUT2D eigenvalue weighted by Crippen LogP contribution is -2.34. The van der Waals surface area contributed by atoms with Gasteiger partial charge in [0.15, 0.2) is 5.76 Å². The molecule has 0 saturated carbocycles. The van der Waals surface area contributed by atoms with E-state index >= 15 is 0 Å². The first kappa shape index (κ1) is 16.7. The second kappa shape index (κ2) is 7.17. The molecule has 0 aliphatic rings. The highest BCUT2D eigenvalue weighted by Crippen LogP contribution is 2.29. The number of ether oxygens (including phenoxy) is 1. The second-order valence-electron chi connectivity index (χ2n) is 5.76. The van der Waals surface area contributed by atoms with Crippen LogP contribution in [0.15, 0.2) is 53.1 Å². The number of hydrogen-bond acceptors (Lipinski definition) is 5. The largest absolute Gasteiger partial charge is 0.469 e. The molecule has 0 saturated heterocycles. The molecule has 1 aromatic heterocycles. The monoisotopic (exact) mass is 338 g/mol. The zero-order valence-electron chi connectivity index (χ0n) is 14.0. The van der Waals surface area contributed by atoms with Gasteiger partial charge in [-0.05, 0) is 25.1 Å². The SMILES string of the molecule is COC(=O)CC(C)NC(=O)c1ccc2noc(-c3ccccc3)c2c1. The predicted molar refractivity (Wildman–Crippen MR) is 93.0 cm³/mol. The highest BCUT2D eigenvalue weighted by Gasteiger charge is 2.16. The Morgan fingerprint density at radius 1 is 1.20 bits per heavy atom. The van der Waals surface area contributed by atoms with Crippen LogP contribution in [0.1, 0.15) is 23.7 Å². The first-order valence-electron chi connectivity index (χ1n) is 7.91. The topological polar surface area (TPSA) is 81.4 Å². The first-order chi connectivity index (χ1) is 12.1. The van der Waals surface area contributed by atoms with Crippen molar-refractivity contribution in [3.05, 3.63) is 54.1 Å². The van der Waals surface area contributed by atoms with Gasteiger partial charge in [-0.25, -0.2) is 0 Å². The molecule has 128 valence electrons. The predicted octanol–water partition coefficient (Wildman–Crippen LogP) is 3.18. The fourth-order valence-electron chi connectivity index (χ4n) is 2.57. The van der Waals surface area contributed by atoms with E-state index in [-0.39, 0.29) is 24.3 Å². The van der Waals surface area contributed by atoms with Crippen LogP contribution in [0.3, 0.4) is 0 Å². The van der Waals surface area contributed by atoms with E-state index in [0.717, 1.165) is 10.9 Å². The fourth-order valence-corrected chi connectivity index (χ4v) is 2.57. The normalized spacial score (nSPS) is 11.9. The number of aromatic nitrogens is 1. The summed E-state index contributed by atoms with van der Waals surface area (Å²) >= 11 is 0. The van der Waals surface area contributed by atoms with Crippen LogP contribution in [0.4, 0.5) is 0 Å². The number of benzene rings is 2. The Morgan fingerprint density at radius 3 is 2.68 bits per heavy atom. The highest BCUT2D eigenvalue weighted by molar-refractivity contribution is 6.01. The molecule has 0 aliphatic carbocycles. The molecule has 2 aromatic carbocycles. The van der Waals surface area contributed by atoms with E-state index < -0.39 is 0 Å². The maximum absolute atomic E-state index is 12.4. The van der Waals surface area contributed by atoms with E-state index in [4.69, 9.17) is 4.52 Å². The number of methoxy groups -OCH3 is 1. The second-order valence-corrected chi connectivity index (χ2v) is 5.76. The molecule has 1 amide bonds. The minimum Gasteiger partial charge on any atom is -0.469 e. The summed E-state index contributed by atoms with van der Waals surface area (Å²) in [6, 6.07) is 14.4. The maximum atomic E-state index is 12.4. The van der Waals surface area contributed by atoms with Crippen molar-refractivity contribution >= 4 is 22.8 Å². The summed E-state index contributed by atoms with van der Waals surface area (Å²) in [5.41, 5.74) is 2.05. The molecular weight excluding hydrogens is 320 g/mol. The van der Waals surface area contributed by atoms with E-state index in [1.54, 1.807) is 25.1 Å². The van der Waals surface area contributed by atoms with Gasteiger partial charge in [0.2, 0.25) is 0 Å². The summed E-state index contributed by atoms with van der Waals surface area (Å²) in [5, 5.41) is 7.59. The maximum Gasteiger partial charge on any atom is 0.307 e. The zero-order valence-corrected chi connectivity index (χ0v) is 14.0. The van der Waals surface area contributed by atoms with Gasteiger partial charge in [-0.1, -0.05) is 35.5 Å². The van der Waals surface area contributed by atoms with Crippen LogP contribution in [-0.2, 0) is 9.53 Å². The van der Waals surface area contributed by atoms with Crippen molar-refractivity contribution in [3.8, 4) is 11.3 Å². The number of carbonyl (C=O) groups excluding carboxylic acids is 2. The smallest absolute Gasteiger partial charge is 0.307 e. The van der Waals surface area contributed by atoms with E-state index in [0.29, 0.717) is 16.8 Å². The van der Waals surface area contributed by atoms with Gasteiger partial charge in [0.25, 0.3) is 5.91 Å². The lowest BCUT2D eigenvalue weighted by Gasteiger charge is -2.12. The minimum absolute atomic E-state index is 0.118. The molecular formula is C19H18N2O4. The zero-order chi connectivity index (χ0) is 17.8. The summed E-state index contributed by atoms with van der Waals surface area (Å²) < 4.78 is 10.1. The van der Waals surface area contributed by atoms with Crippen LogP contribution in [0.5, 0.6) is 0 Å². The molecule has 3 rings (SSSR count). The van der Waals surface area contributed by atoms with E-state index in [1.807, 2.05) is 30.3 Å². The number of esters is 1. The van der Waals surface area contributed by atoms with E-state index in [1.165, 1.54) is 7.11 Å². The van der Waals surface area contributed by atoms with Crippen LogP contribution in [0, 0.1) is 0 Å².